The van der Waals surface area contributed by atoms with Crippen LogP contribution >= 0.6 is 34.5 Å². The molecule has 0 saturated carbocycles. The van der Waals surface area contributed by atoms with Gasteiger partial charge in [-0.15, -0.1) is 11.3 Å². The summed E-state index contributed by atoms with van der Waals surface area (Å²) in [6.07, 6.45) is 0. The Labute approximate surface area is 112 Å². The Kier molecular flexibility index (Phi) is 3.42. The summed E-state index contributed by atoms with van der Waals surface area (Å²) in [7, 11) is 1.75. The molecule has 0 aliphatic heterocycles. The molecule has 0 radical (unpaired) electrons. The lowest BCUT2D eigenvalue weighted by atomic mass is 10.3. The Morgan fingerprint density at radius 3 is 2.65 bits per heavy atom. The molecule has 0 aliphatic rings. The van der Waals surface area contributed by atoms with Gasteiger partial charge in [-0.25, -0.2) is 0 Å². The molecule has 0 bridgehead atoms. The van der Waals surface area contributed by atoms with E-state index in [1.54, 1.807) is 23.9 Å². The number of hydrogen-bond acceptors (Lipinski definition) is 3. The smallest absolute Gasteiger partial charge is 0.259 e. The van der Waals surface area contributed by atoms with Gasteiger partial charge < -0.3 is 5.32 Å². The van der Waals surface area contributed by atoms with E-state index in [0.29, 0.717) is 20.1 Å². The van der Waals surface area contributed by atoms with Crippen LogP contribution in [0.3, 0.4) is 0 Å². The average Bonchev–Trinajstić information content (AvgIpc) is 2.70. The van der Waals surface area contributed by atoms with Gasteiger partial charge in [0.15, 0.2) is 0 Å². The van der Waals surface area contributed by atoms with E-state index in [2.05, 4.69) is 10.4 Å². The summed E-state index contributed by atoms with van der Waals surface area (Å²) < 4.78 is 2.46. The van der Waals surface area contributed by atoms with Gasteiger partial charge in [0.05, 0.1) is 15.6 Å². The number of halogens is 2. The van der Waals surface area contributed by atoms with Crippen molar-refractivity contribution in [3.63, 3.8) is 0 Å². The maximum Gasteiger partial charge on any atom is 0.259 e. The fourth-order valence-electron chi connectivity index (χ4n) is 1.41. The molecule has 0 spiro atoms. The third-order valence-electron chi connectivity index (χ3n) is 2.14. The van der Waals surface area contributed by atoms with Crippen LogP contribution in [0.4, 0.5) is 5.82 Å². The summed E-state index contributed by atoms with van der Waals surface area (Å²) in [5.74, 6) is 0.326. The van der Waals surface area contributed by atoms with Gasteiger partial charge in [-0.05, 0) is 13.0 Å². The van der Waals surface area contributed by atoms with Crippen LogP contribution in [0.5, 0.6) is 0 Å². The van der Waals surface area contributed by atoms with Crippen molar-refractivity contribution in [1.82, 2.24) is 9.78 Å². The number of nitrogens with one attached hydrogen (secondary N) is 1. The molecule has 2 aromatic heterocycles. The van der Waals surface area contributed by atoms with Crippen LogP contribution in [-0.2, 0) is 7.05 Å². The second kappa shape index (κ2) is 4.68. The highest BCUT2D eigenvalue weighted by Gasteiger charge is 2.15. The number of amides is 1. The molecule has 0 unspecified atom stereocenters. The molecular weight excluding hydrogens is 281 g/mol. The fourth-order valence-corrected chi connectivity index (χ4v) is 2.86. The van der Waals surface area contributed by atoms with E-state index in [9.17, 15) is 4.79 Å². The molecule has 0 saturated heterocycles. The monoisotopic (exact) mass is 289 g/mol. The lowest BCUT2D eigenvalue weighted by molar-refractivity contribution is 0.102. The van der Waals surface area contributed by atoms with E-state index < -0.39 is 0 Å². The van der Waals surface area contributed by atoms with Crippen molar-refractivity contribution in [2.24, 2.45) is 7.05 Å². The maximum absolute atomic E-state index is 11.9. The lowest BCUT2D eigenvalue weighted by Crippen LogP contribution is -2.14. The minimum atomic E-state index is -0.291. The van der Waals surface area contributed by atoms with Gasteiger partial charge >= 0.3 is 0 Å². The third-order valence-corrected chi connectivity index (χ3v) is 3.63. The minimum Gasteiger partial charge on any atom is -0.307 e. The van der Waals surface area contributed by atoms with Crippen LogP contribution in [-0.4, -0.2) is 15.7 Å². The number of nitrogens with zero attached hydrogens (tertiary/aromatic N) is 2. The first-order valence-electron chi connectivity index (χ1n) is 4.74. The molecule has 17 heavy (non-hydrogen) atoms. The summed E-state index contributed by atoms with van der Waals surface area (Å²) in [6, 6.07) is 3.33. The van der Waals surface area contributed by atoms with Crippen molar-refractivity contribution in [1.29, 1.82) is 0 Å². The Balaban J connectivity index is 2.22. The van der Waals surface area contributed by atoms with Crippen molar-refractivity contribution in [2.45, 2.75) is 6.92 Å². The van der Waals surface area contributed by atoms with E-state index >= 15 is 0 Å². The zero-order valence-corrected chi connectivity index (χ0v) is 11.4. The molecule has 0 atom stereocenters. The summed E-state index contributed by atoms with van der Waals surface area (Å²) in [4.78, 5) is 11.9. The van der Waals surface area contributed by atoms with E-state index in [-0.39, 0.29) is 5.91 Å². The van der Waals surface area contributed by atoms with Crippen molar-refractivity contribution in [2.75, 3.05) is 5.32 Å². The first-order valence-corrected chi connectivity index (χ1v) is 6.31. The van der Waals surface area contributed by atoms with E-state index in [0.717, 1.165) is 5.69 Å². The fraction of sp³-hybridized carbons (Fsp3) is 0.200. The maximum atomic E-state index is 11.9. The van der Waals surface area contributed by atoms with Gasteiger partial charge in [0.2, 0.25) is 0 Å². The zero-order valence-electron chi connectivity index (χ0n) is 9.12. The number of hydrogen-bond donors (Lipinski definition) is 1. The quantitative estimate of drug-likeness (QED) is 0.922. The number of aryl methyl sites for hydroxylation is 2. The molecule has 0 aromatic carbocycles. The topological polar surface area (TPSA) is 46.9 Å². The van der Waals surface area contributed by atoms with Crippen LogP contribution in [0, 0.1) is 6.92 Å². The number of carbonyl (C=O) groups excluding carboxylic acids is 1. The Bertz CT molecular complexity index is 576. The first kappa shape index (κ1) is 12.4. The largest absolute Gasteiger partial charge is 0.307 e. The molecule has 2 heterocycles. The van der Waals surface area contributed by atoms with Gasteiger partial charge in [0.25, 0.3) is 5.91 Å². The van der Waals surface area contributed by atoms with Crippen LogP contribution in [0.1, 0.15) is 16.1 Å². The van der Waals surface area contributed by atoms with Gasteiger partial charge in [-0.3, -0.25) is 9.48 Å². The molecule has 1 amide bonds. The summed E-state index contributed by atoms with van der Waals surface area (Å²) in [6.45, 7) is 1.85. The molecule has 7 heteroatoms. The molecular formula is C10H9Cl2N3OS. The van der Waals surface area contributed by atoms with Gasteiger partial charge in [0.1, 0.15) is 10.2 Å². The highest BCUT2D eigenvalue weighted by Crippen LogP contribution is 2.31. The summed E-state index contributed by atoms with van der Waals surface area (Å²) in [5, 5.41) is 6.86. The first-order chi connectivity index (χ1) is 7.97. The second-order valence-corrected chi connectivity index (χ2v) is 5.77. The highest BCUT2D eigenvalue weighted by atomic mass is 35.5. The predicted molar refractivity (Wildman–Crippen MR) is 70.2 cm³/mol. The molecule has 90 valence electrons. The standard InChI is InChI=1S/C10H9Cl2N3OS/c1-5-3-8(15(2)14-5)13-10(16)6-4-7(11)17-9(6)12/h3-4H,1-2H3,(H,13,16). The van der Waals surface area contributed by atoms with Gasteiger partial charge in [-0.2, -0.15) is 5.10 Å². The van der Waals surface area contributed by atoms with E-state index in [4.69, 9.17) is 23.2 Å². The van der Waals surface area contributed by atoms with Crippen molar-refractivity contribution in [3.05, 3.63) is 32.1 Å². The molecule has 0 aliphatic carbocycles. The summed E-state index contributed by atoms with van der Waals surface area (Å²) in [5.41, 5.74) is 1.21. The SMILES string of the molecule is Cc1cc(NC(=O)c2cc(Cl)sc2Cl)n(C)n1. The molecule has 0 fully saturated rings. The van der Waals surface area contributed by atoms with Crippen molar-refractivity contribution in [3.8, 4) is 0 Å². The minimum absolute atomic E-state index is 0.291. The van der Waals surface area contributed by atoms with Gasteiger partial charge in [-0.1, -0.05) is 23.2 Å². The third kappa shape index (κ3) is 2.62. The lowest BCUT2D eigenvalue weighted by Gasteiger charge is -2.03. The average molecular weight is 290 g/mol. The number of rotatable bonds is 2. The van der Waals surface area contributed by atoms with Gasteiger partial charge in [0, 0.05) is 13.1 Å². The van der Waals surface area contributed by atoms with Crippen LogP contribution < -0.4 is 5.32 Å². The zero-order chi connectivity index (χ0) is 12.6. The number of thiophene rings is 1. The van der Waals surface area contributed by atoms with Crippen LogP contribution in [0.15, 0.2) is 12.1 Å². The Hall–Kier alpha value is -1.04. The van der Waals surface area contributed by atoms with Crippen LogP contribution in [0.2, 0.25) is 8.67 Å². The Morgan fingerprint density at radius 2 is 2.18 bits per heavy atom. The number of aromatic nitrogens is 2. The Morgan fingerprint density at radius 1 is 1.47 bits per heavy atom. The number of carbonyl (C=O) groups is 1. The molecule has 4 nitrogen and oxygen atoms in total. The van der Waals surface area contributed by atoms with E-state index in [1.165, 1.54) is 11.3 Å². The van der Waals surface area contributed by atoms with E-state index in [1.807, 2.05) is 6.92 Å². The number of anilines is 1. The predicted octanol–water partition coefficient (Wildman–Crippen LogP) is 3.35. The molecule has 2 aromatic rings. The highest BCUT2D eigenvalue weighted by molar-refractivity contribution is 7.20. The summed E-state index contributed by atoms with van der Waals surface area (Å²) >= 11 is 12.9. The normalized spacial score (nSPS) is 10.6. The van der Waals surface area contributed by atoms with Crippen molar-refractivity contribution < 1.29 is 4.79 Å². The second-order valence-electron chi connectivity index (χ2n) is 3.49. The van der Waals surface area contributed by atoms with Crippen molar-refractivity contribution >= 4 is 46.3 Å². The molecule has 1 N–H and O–H groups in total. The van der Waals surface area contributed by atoms with Crippen LogP contribution in [0.25, 0.3) is 0 Å². The molecule has 2 rings (SSSR count).